The number of hydrogen-bond donors (Lipinski definition) is 1. The van der Waals surface area contributed by atoms with Crippen LogP contribution in [-0.4, -0.2) is 18.3 Å². The molecule has 0 aromatic heterocycles. The van der Waals surface area contributed by atoms with Gasteiger partial charge in [0.2, 0.25) is 0 Å². The number of aliphatic hydroxyl groups excluding tert-OH is 1. The molecule has 0 spiro atoms. The van der Waals surface area contributed by atoms with Crippen molar-refractivity contribution in [2.75, 3.05) is 13.2 Å². The second-order valence-corrected chi connectivity index (χ2v) is 8.50. The fraction of sp³-hybridized carbons (Fsp3) is 0.182. The lowest BCUT2D eigenvalue weighted by Gasteiger charge is -2.14. The summed E-state index contributed by atoms with van der Waals surface area (Å²) in [5, 5.41) is 8.99. The third-order valence-corrected chi connectivity index (χ3v) is 6.27. The molecule has 3 aromatic carbocycles. The minimum Gasteiger partial charge on any atom is -0.491 e. The first-order valence-corrected chi connectivity index (χ1v) is 10.0. The lowest BCUT2D eigenvalue weighted by molar-refractivity contribution is 0.200. The van der Waals surface area contributed by atoms with Crippen LogP contribution in [-0.2, 0) is 10.9 Å². The van der Waals surface area contributed by atoms with Crippen LogP contribution in [0.25, 0.3) is 0 Å². The van der Waals surface area contributed by atoms with Gasteiger partial charge in [-0.3, -0.25) is 0 Å². The Kier molecular flexibility index (Phi) is 6.49. The molecule has 0 amide bonds. The number of halogens is 4. The van der Waals surface area contributed by atoms with Crippen LogP contribution >= 0.6 is 0 Å². The van der Waals surface area contributed by atoms with E-state index in [4.69, 9.17) is 9.84 Å². The predicted molar refractivity (Wildman–Crippen MR) is 103 cm³/mol. The second-order valence-electron chi connectivity index (χ2n) is 6.47. The molecule has 1 N–H and O–H groups in total. The third kappa shape index (κ3) is 4.92. The minimum absolute atomic E-state index is 0.122. The van der Waals surface area contributed by atoms with E-state index in [2.05, 4.69) is 0 Å². The predicted octanol–water partition coefficient (Wildman–Crippen LogP) is 5.33. The van der Waals surface area contributed by atoms with Crippen molar-refractivity contribution in [1.82, 2.24) is 0 Å². The van der Waals surface area contributed by atoms with Gasteiger partial charge in [0.25, 0.3) is 0 Å². The lowest BCUT2D eigenvalue weighted by atomic mass is 10.1. The van der Waals surface area contributed by atoms with Crippen molar-refractivity contribution >= 4 is 10.9 Å². The Morgan fingerprint density at radius 1 is 0.690 bits per heavy atom. The molecule has 0 aliphatic carbocycles. The number of hydrogen-bond acceptors (Lipinski definition) is 2. The SMILES string of the molecule is Cc1cc([S+](c2cc(F)cc(F)c2)c2cc(F)cc(F)c2)cc(C)c1OCCO. The Hall–Kier alpha value is -2.51. The maximum atomic E-state index is 13.9. The van der Waals surface area contributed by atoms with E-state index in [0.29, 0.717) is 10.6 Å². The standard InChI is InChI=1S/C22H19F4O2S/c1-13-5-19(6-14(2)22(13)28-4-3-27)29(20-9-15(23)7-16(24)10-20)21-11-17(25)8-18(26)12-21/h5-12,27H,3-4H2,1-2H3/q+1. The summed E-state index contributed by atoms with van der Waals surface area (Å²) < 4.78 is 61.2. The van der Waals surface area contributed by atoms with Crippen molar-refractivity contribution < 1.29 is 27.4 Å². The molecule has 0 unspecified atom stereocenters. The Bertz CT molecular complexity index is 924. The first-order valence-electron chi connectivity index (χ1n) is 8.80. The highest BCUT2D eigenvalue weighted by Crippen LogP contribution is 2.36. The van der Waals surface area contributed by atoms with E-state index < -0.39 is 34.2 Å². The van der Waals surface area contributed by atoms with Gasteiger partial charge in [-0.1, -0.05) is 0 Å². The van der Waals surface area contributed by atoms with E-state index in [-0.39, 0.29) is 23.0 Å². The van der Waals surface area contributed by atoms with Crippen molar-refractivity contribution in [2.45, 2.75) is 28.5 Å². The van der Waals surface area contributed by atoms with E-state index in [1.54, 1.807) is 26.0 Å². The average Bonchev–Trinajstić information content (AvgIpc) is 2.59. The Balaban J connectivity index is 2.20. The van der Waals surface area contributed by atoms with Gasteiger partial charge in [0.15, 0.2) is 14.7 Å². The molecule has 0 saturated carbocycles. The van der Waals surface area contributed by atoms with E-state index in [9.17, 15) is 17.6 Å². The van der Waals surface area contributed by atoms with Gasteiger partial charge in [-0.2, -0.15) is 0 Å². The molecule has 29 heavy (non-hydrogen) atoms. The molecule has 0 aliphatic rings. The van der Waals surface area contributed by atoms with E-state index >= 15 is 0 Å². The van der Waals surface area contributed by atoms with Crippen LogP contribution in [0.2, 0.25) is 0 Å². The number of benzene rings is 3. The largest absolute Gasteiger partial charge is 0.491 e. The average molecular weight is 423 g/mol. The summed E-state index contributed by atoms with van der Waals surface area (Å²) >= 11 is 0. The maximum Gasteiger partial charge on any atom is 0.172 e. The molecule has 2 nitrogen and oxygen atoms in total. The lowest BCUT2D eigenvalue weighted by Crippen LogP contribution is -2.09. The molecule has 0 bridgehead atoms. The Morgan fingerprint density at radius 3 is 1.45 bits per heavy atom. The number of rotatable bonds is 6. The van der Waals surface area contributed by atoms with E-state index in [1.165, 1.54) is 0 Å². The molecule has 3 rings (SSSR count). The highest BCUT2D eigenvalue weighted by Gasteiger charge is 2.32. The molecule has 0 heterocycles. The molecule has 3 aromatic rings. The summed E-state index contributed by atoms with van der Waals surface area (Å²) in [5.74, 6) is -2.50. The molecule has 0 atom stereocenters. The normalized spacial score (nSPS) is 11.2. The monoisotopic (exact) mass is 423 g/mol. The van der Waals surface area contributed by atoms with Crippen LogP contribution < -0.4 is 4.74 Å². The van der Waals surface area contributed by atoms with E-state index in [0.717, 1.165) is 47.5 Å². The summed E-state index contributed by atoms with van der Waals surface area (Å²) in [6.07, 6.45) is 0. The Labute approximate surface area is 169 Å². The summed E-state index contributed by atoms with van der Waals surface area (Å²) in [7, 11) is -1.16. The molecule has 0 fully saturated rings. The van der Waals surface area contributed by atoms with E-state index in [1.807, 2.05) is 0 Å². The van der Waals surface area contributed by atoms with Crippen LogP contribution in [0.5, 0.6) is 5.75 Å². The van der Waals surface area contributed by atoms with Gasteiger partial charge in [-0.25, -0.2) is 17.6 Å². The summed E-state index contributed by atoms with van der Waals surface area (Å²) in [6, 6.07) is 9.67. The van der Waals surface area contributed by atoms with Crippen molar-refractivity contribution in [3.63, 3.8) is 0 Å². The van der Waals surface area contributed by atoms with Gasteiger partial charge >= 0.3 is 0 Å². The first-order chi connectivity index (χ1) is 13.8. The second kappa shape index (κ2) is 8.88. The quantitative estimate of drug-likeness (QED) is 0.429. The fourth-order valence-corrected chi connectivity index (χ4v) is 5.43. The fourth-order valence-electron chi connectivity index (χ4n) is 3.10. The first kappa shape index (κ1) is 21.2. The number of aryl methyl sites for hydroxylation is 2. The molecule has 7 heteroatoms. The van der Waals surface area contributed by atoms with Crippen molar-refractivity contribution in [3.8, 4) is 5.75 Å². The Morgan fingerprint density at radius 2 is 1.07 bits per heavy atom. The molecule has 0 saturated heterocycles. The third-order valence-electron chi connectivity index (χ3n) is 4.15. The highest BCUT2D eigenvalue weighted by molar-refractivity contribution is 7.97. The van der Waals surface area contributed by atoms with Crippen LogP contribution in [0.1, 0.15) is 11.1 Å². The molecular formula is C22H19F4O2S+. The number of ether oxygens (including phenoxy) is 1. The van der Waals surface area contributed by atoms with Crippen LogP contribution in [0.3, 0.4) is 0 Å². The van der Waals surface area contributed by atoms with Crippen LogP contribution in [0.4, 0.5) is 17.6 Å². The zero-order valence-corrected chi connectivity index (χ0v) is 16.6. The van der Waals surface area contributed by atoms with Gasteiger partial charge in [0.05, 0.1) is 17.5 Å². The van der Waals surface area contributed by atoms with Gasteiger partial charge in [-0.15, -0.1) is 0 Å². The highest BCUT2D eigenvalue weighted by atomic mass is 32.2. The van der Waals surface area contributed by atoms with Crippen LogP contribution in [0.15, 0.2) is 63.2 Å². The molecule has 0 radical (unpaired) electrons. The summed E-state index contributed by atoms with van der Waals surface area (Å²) in [4.78, 5) is 1.15. The zero-order valence-electron chi connectivity index (χ0n) is 15.8. The minimum atomic E-state index is -1.16. The van der Waals surface area contributed by atoms with Crippen molar-refractivity contribution in [3.05, 3.63) is 82.9 Å². The van der Waals surface area contributed by atoms with Gasteiger partial charge in [-0.05, 0) is 25.0 Å². The topological polar surface area (TPSA) is 29.5 Å². The van der Waals surface area contributed by atoms with Crippen molar-refractivity contribution in [1.29, 1.82) is 0 Å². The molecule has 152 valence electrons. The summed E-state index contributed by atoms with van der Waals surface area (Å²) in [6.45, 7) is 3.57. The van der Waals surface area contributed by atoms with Crippen LogP contribution in [0, 0.1) is 37.1 Å². The zero-order chi connectivity index (χ0) is 21.1. The van der Waals surface area contributed by atoms with Gasteiger partial charge in [0, 0.05) is 48.5 Å². The van der Waals surface area contributed by atoms with Gasteiger partial charge < -0.3 is 9.84 Å². The number of aliphatic hydroxyl groups is 1. The smallest absolute Gasteiger partial charge is 0.172 e. The summed E-state index contributed by atoms with van der Waals surface area (Å²) in [5.41, 5.74) is 1.47. The van der Waals surface area contributed by atoms with Crippen molar-refractivity contribution in [2.24, 2.45) is 0 Å². The maximum absolute atomic E-state index is 13.9. The molecule has 0 aliphatic heterocycles. The van der Waals surface area contributed by atoms with Gasteiger partial charge in [0.1, 0.15) is 35.6 Å². The molecular weight excluding hydrogens is 404 g/mol.